The highest BCUT2D eigenvalue weighted by molar-refractivity contribution is 9.10. The average molecular weight is 222 g/mol. The molecule has 1 rings (SSSR count). The molecule has 1 N–H and O–H groups in total. The van der Waals surface area contributed by atoms with E-state index in [4.69, 9.17) is 4.55 Å². The smallest absolute Gasteiger partial charge is 0.188 e. The van der Waals surface area contributed by atoms with Crippen molar-refractivity contribution in [2.75, 3.05) is 0 Å². The highest BCUT2D eigenvalue weighted by atomic mass is 79.9. The van der Waals surface area contributed by atoms with Gasteiger partial charge in [-0.15, -0.1) is 0 Å². The van der Waals surface area contributed by atoms with E-state index in [1.165, 1.54) is 6.20 Å². The van der Waals surface area contributed by atoms with E-state index in [1.54, 1.807) is 12.3 Å². The van der Waals surface area contributed by atoms with E-state index in [9.17, 15) is 4.21 Å². The summed E-state index contributed by atoms with van der Waals surface area (Å²) in [6.07, 6.45) is 2.90. The van der Waals surface area contributed by atoms with E-state index < -0.39 is 11.1 Å². The standard InChI is InChI=1S/C5H4BrNO2S/c6-4-1-5(10(8)9)3-7-2-4/h1-3H,(H,8,9). The molecule has 1 aromatic rings. The molecule has 0 amide bonds. The molecule has 0 saturated heterocycles. The molecular weight excluding hydrogens is 218 g/mol. The number of halogens is 1. The van der Waals surface area contributed by atoms with Gasteiger partial charge < -0.3 is 4.55 Å². The molecule has 10 heavy (non-hydrogen) atoms. The van der Waals surface area contributed by atoms with Crippen molar-refractivity contribution in [2.24, 2.45) is 0 Å². The maximum absolute atomic E-state index is 10.4. The molecule has 54 valence electrons. The van der Waals surface area contributed by atoms with Crippen molar-refractivity contribution >= 4 is 27.0 Å². The second-order valence-corrected chi connectivity index (χ2v) is 3.47. The Labute approximate surface area is 68.9 Å². The van der Waals surface area contributed by atoms with Crippen molar-refractivity contribution in [3.8, 4) is 0 Å². The van der Waals surface area contributed by atoms with Crippen LogP contribution in [0.5, 0.6) is 0 Å². The van der Waals surface area contributed by atoms with Crippen LogP contribution in [-0.2, 0) is 11.1 Å². The Balaban J connectivity index is 3.07. The fraction of sp³-hybridized carbons (Fsp3) is 0. The number of aromatic nitrogens is 1. The van der Waals surface area contributed by atoms with Gasteiger partial charge in [-0.2, -0.15) is 0 Å². The minimum absolute atomic E-state index is 0.300. The SMILES string of the molecule is O=S(O)c1cncc(Br)c1. The predicted molar refractivity (Wildman–Crippen MR) is 41.0 cm³/mol. The van der Waals surface area contributed by atoms with Crippen LogP contribution in [0.15, 0.2) is 27.8 Å². The largest absolute Gasteiger partial charge is 0.302 e. The van der Waals surface area contributed by atoms with E-state index in [0.29, 0.717) is 9.37 Å². The van der Waals surface area contributed by atoms with E-state index in [-0.39, 0.29) is 0 Å². The summed E-state index contributed by atoms with van der Waals surface area (Å²) in [5.41, 5.74) is 0. The lowest BCUT2D eigenvalue weighted by atomic mass is 10.5. The first-order valence-electron chi connectivity index (χ1n) is 2.41. The molecule has 0 fully saturated rings. The minimum atomic E-state index is -1.93. The lowest BCUT2D eigenvalue weighted by Crippen LogP contribution is -1.88. The Morgan fingerprint density at radius 1 is 1.60 bits per heavy atom. The minimum Gasteiger partial charge on any atom is -0.302 e. The van der Waals surface area contributed by atoms with Gasteiger partial charge in [-0.3, -0.25) is 4.98 Å². The first kappa shape index (κ1) is 7.84. The number of rotatable bonds is 1. The summed E-state index contributed by atoms with van der Waals surface area (Å²) < 4.78 is 19.7. The van der Waals surface area contributed by atoms with Crippen LogP contribution >= 0.6 is 15.9 Å². The zero-order chi connectivity index (χ0) is 7.56. The quantitative estimate of drug-likeness (QED) is 0.731. The summed E-state index contributed by atoms with van der Waals surface area (Å²) in [5, 5.41) is 0. The van der Waals surface area contributed by atoms with Gasteiger partial charge >= 0.3 is 0 Å². The molecule has 1 heterocycles. The van der Waals surface area contributed by atoms with Crippen LogP contribution in [0, 0.1) is 0 Å². The van der Waals surface area contributed by atoms with Crippen molar-refractivity contribution in [2.45, 2.75) is 4.90 Å². The summed E-state index contributed by atoms with van der Waals surface area (Å²) in [4.78, 5) is 4.01. The topological polar surface area (TPSA) is 50.2 Å². The molecule has 0 radical (unpaired) electrons. The van der Waals surface area contributed by atoms with Crippen LogP contribution < -0.4 is 0 Å². The summed E-state index contributed by atoms with van der Waals surface area (Å²) >= 11 is 1.19. The first-order chi connectivity index (χ1) is 4.70. The highest BCUT2D eigenvalue weighted by Crippen LogP contribution is 2.11. The van der Waals surface area contributed by atoms with E-state index in [2.05, 4.69) is 20.9 Å². The highest BCUT2D eigenvalue weighted by Gasteiger charge is 1.98. The molecule has 0 aromatic carbocycles. The Morgan fingerprint density at radius 3 is 2.70 bits per heavy atom. The average Bonchev–Trinajstić information content (AvgIpc) is 1.88. The van der Waals surface area contributed by atoms with Crippen molar-refractivity contribution in [3.05, 3.63) is 22.9 Å². The van der Waals surface area contributed by atoms with Crippen molar-refractivity contribution in [3.63, 3.8) is 0 Å². The lowest BCUT2D eigenvalue weighted by molar-refractivity contribution is 0.564. The van der Waals surface area contributed by atoms with E-state index in [1.807, 2.05) is 0 Å². The van der Waals surface area contributed by atoms with Gasteiger partial charge in [-0.05, 0) is 22.0 Å². The fourth-order valence-electron chi connectivity index (χ4n) is 0.488. The van der Waals surface area contributed by atoms with Gasteiger partial charge in [0, 0.05) is 16.9 Å². The van der Waals surface area contributed by atoms with E-state index in [0.717, 1.165) is 0 Å². The van der Waals surface area contributed by atoms with Gasteiger partial charge in [0.25, 0.3) is 0 Å². The third-order valence-electron chi connectivity index (χ3n) is 0.881. The second kappa shape index (κ2) is 3.23. The summed E-state index contributed by atoms with van der Waals surface area (Å²) in [6.45, 7) is 0. The lowest BCUT2D eigenvalue weighted by Gasteiger charge is -1.92. The number of hydrogen-bond acceptors (Lipinski definition) is 2. The fourth-order valence-corrected chi connectivity index (χ4v) is 1.38. The zero-order valence-corrected chi connectivity index (χ0v) is 7.22. The summed E-state index contributed by atoms with van der Waals surface area (Å²) in [5.74, 6) is 0. The molecule has 1 atom stereocenters. The molecule has 1 unspecified atom stereocenters. The second-order valence-electron chi connectivity index (χ2n) is 1.59. The number of hydrogen-bond donors (Lipinski definition) is 1. The van der Waals surface area contributed by atoms with Gasteiger partial charge in [0.05, 0.1) is 4.90 Å². The summed E-state index contributed by atoms with van der Waals surface area (Å²) in [7, 11) is 0. The third kappa shape index (κ3) is 1.86. The molecule has 0 aliphatic heterocycles. The van der Waals surface area contributed by atoms with Crippen LogP contribution in [-0.4, -0.2) is 13.7 Å². The Hall–Kier alpha value is -0.260. The Bertz CT molecular complexity index is 266. The van der Waals surface area contributed by atoms with Crippen molar-refractivity contribution in [1.82, 2.24) is 4.98 Å². The van der Waals surface area contributed by atoms with Gasteiger partial charge in [0.2, 0.25) is 0 Å². The maximum atomic E-state index is 10.4. The van der Waals surface area contributed by atoms with Crippen LogP contribution in [0.3, 0.4) is 0 Å². The molecule has 1 aromatic heterocycles. The van der Waals surface area contributed by atoms with Crippen LogP contribution in [0.1, 0.15) is 0 Å². The third-order valence-corrected chi connectivity index (χ3v) is 1.94. The molecule has 0 aliphatic carbocycles. The molecule has 5 heteroatoms. The first-order valence-corrected chi connectivity index (χ1v) is 4.31. The van der Waals surface area contributed by atoms with E-state index >= 15 is 0 Å². The zero-order valence-electron chi connectivity index (χ0n) is 4.82. The van der Waals surface area contributed by atoms with Gasteiger partial charge in [-0.1, -0.05) is 0 Å². The normalized spacial score (nSPS) is 13.0. The van der Waals surface area contributed by atoms with Crippen LogP contribution in [0.2, 0.25) is 0 Å². The molecule has 0 saturated carbocycles. The van der Waals surface area contributed by atoms with Crippen LogP contribution in [0.4, 0.5) is 0 Å². The maximum Gasteiger partial charge on any atom is 0.188 e. The van der Waals surface area contributed by atoms with Crippen molar-refractivity contribution < 1.29 is 8.76 Å². The van der Waals surface area contributed by atoms with Gasteiger partial charge in [0.15, 0.2) is 11.1 Å². The molecule has 0 spiro atoms. The molecule has 0 bridgehead atoms. The Morgan fingerprint density at radius 2 is 2.30 bits per heavy atom. The van der Waals surface area contributed by atoms with Crippen molar-refractivity contribution in [1.29, 1.82) is 0 Å². The van der Waals surface area contributed by atoms with Crippen LogP contribution in [0.25, 0.3) is 0 Å². The monoisotopic (exact) mass is 221 g/mol. The Kier molecular flexibility index (Phi) is 2.53. The predicted octanol–water partition coefficient (Wildman–Crippen LogP) is 1.42. The number of nitrogens with zero attached hydrogens (tertiary/aromatic N) is 1. The molecule has 3 nitrogen and oxygen atoms in total. The van der Waals surface area contributed by atoms with Gasteiger partial charge in [0.1, 0.15) is 0 Å². The van der Waals surface area contributed by atoms with Gasteiger partial charge in [-0.25, -0.2) is 4.21 Å². The molecular formula is C5H4BrNO2S. The number of pyridine rings is 1. The summed E-state index contributed by atoms with van der Waals surface area (Å²) in [6, 6.07) is 1.54. The molecule has 0 aliphatic rings.